The van der Waals surface area contributed by atoms with Crippen molar-refractivity contribution in [2.45, 2.75) is 25.2 Å². The Morgan fingerprint density at radius 2 is 1.76 bits per heavy atom. The van der Waals surface area contributed by atoms with Crippen molar-refractivity contribution in [3.8, 4) is 11.3 Å². The molecule has 4 aromatic rings. The molecule has 0 bridgehead atoms. The zero-order chi connectivity index (χ0) is 26.5. The predicted octanol–water partition coefficient (Wildman–Crippen LogP) is 5.98. The summed E-state index contributed by atoms with van der Waals surface area (Å²) in [5.74, 6) is 0.194. The van der Waals surface area contributed by atoms with Gasteiger partial charge < -0.3 is 15.5 Å². The van der Waals surface area contributed by atoms with Crippen LogP contribution in [0.15, 0.2) is 79.0 Å². The summed E-state index contributed by atoms with van der Waals surface area (Å²) in [4.78, 5) is 24.2. The van der Waals surface area contributed by atoms with Gasteiger partial charge >= 0.3 is 0 Å². The van der Waals surface area contributed by atoms with Crippen molar-refractivity contribution < 1.29 is 9.18 Å². The summed E-state index contributed by atoms with van der Waals surface area (Å²) in [6.45, 7) is 1.92. The molecule has 0 fully saturated rings. The van der Waals surface area contributed by atoms with Gasteiger partial charge in [0.1, 0.15) is 5.82 Å². The van der Waals surface area contributed by atoms with Gasteiger partial charge in [0.2, 0.25) is 5.95 Å². The minimum Gasteiger partial charge on any atom is -0.354 e. The standard InChI is InChI=1S/C31H32FN5O/c1-37(2)18-6-5-17-33-31-34-20-23-19-28(26-7-3-4-8-27(26)29(23)36-31)21-11-15-25(16-12-21)35-30(38)22-9-13-24(32)14-10-22/h3-4,7-16,20,28H,5-6,17-19H2,1-2H3,(H,35,38)(H,33,34,36). The molecule has 38 heavy (non-hydrogen) atoms. The van der Waals surface area contributed by atoms with Crippen LogP contribution in [-0.2, 0) is 6.42 Å². The molecule has 3 aromatic carbocycles. The van der Waals surface area contributed by atoms with Crippen molar-refractivity contribution in [3.05, 3.63) is 107 Å². The smallest absolute Gasteiger partial charge is 0.255 e. The number of rotatable bonds is 9. The van der Waals surface area contributed by atoms with Crippen LogP contribution in [0.2, 0.25) is 0 Å². The fourth-order valence-corrected chi connectivity index (χ4v) is 4.87. The molecule has 2 N–H and O–H groups in total. The van der Waals surface area contributed by atoms with Crippen LogP contribution < -0.4 is 10.6 Å². The number of anilines is 2. The number of carbonyl (C=O) groups is 1. The molecule has 0 radical (unpaired) electrons. The number of halogens is 1. The summed E-state index contributed by atoms with van der Waals surface area (Å²) in [5, 5.41) is 6.27. The van der Waals surface area contributed by atoms with Crippen LogP contribution in [0.3, 0.4) is 0 Å². The molecule has 0 saturated carbocycles. The normalized spacial score (nSPS) is 14.1. The Balaban J connectivity index is 1.30. The number of fused-ring (bicyclic) bond motifs is 3. The maximum Gasteiger partial charge on any atom is 0.255 e. The second-order valence-electron chi connectivity index (χ2n) is 9.93. The maximum absolute atomic E-state index is 13.2. The van der Waals surface area contributed by atoms with Crippen molar-refractivity contribution in [3.63, 3.8) is 0 Å². The van der Waals surface area contributed by atoms with Crippen LogP contribution in [0.1, 0.15) is 45.8 Å². The van der Waals surface area contributed by atoms with Crippen molar-refractivity contribution >= 4 is 17.5 Å². The first-order valence-electron chi connectivity index (χ1n) is 13.0. The minimum atomic E-state index is -0.367. The molecule has 0 spiro atoms. The van der Waals surface area contributed by atoms with E-state index < -0.39 is 0 Å². The summed E-state index contributed by atoms with van der Waals surface area (Å²) < 4.78 is 13.2. The van der Waals surface area contributed by atoms with Gasteiger partial charge in [-0.3, -0.25) is 4.79 Å². The number of unbranched alkanes of at least 4 members (excludes halogenated alkanes) is 1. The van der Waals surface area contributed by atoms with Gasteiger partial charge in [-0.1, -0.05) is 36.4 Å². The molecule has 0 saturated heterocycles. The van der Waals surface area contributed by atoms with Gasteiger partial charge in [-0.2, -0.15) is 0 Å². The van der Waals surface area contributed by atoms with E-state index in [-0.39, 0.29) is 17.6 Å². The van der Waals surface area contributed by atoms with E-state index in [4.69, 9.17) is 4.98 Å². The zero-order valence-electron chi connectivity index (χ0n) is 21.7. The average Bonchev–Trinajstić information content (AvgIpc) is 2.93. The molecule has 0 aliphatic heterocycles. The molecule has 1 aromatic heterocycles. The quantitative estimate of drug-likeness (QED) is 0.272. The molecule has 1 unspecified atom stereocenters. The van der Waals surface area contributed by atoms with Crippen molar-refractivity contribution in [2.24, 2.45) is 0 Å². The average molecular weight is 510 g/mol. The Labute approximate surface area is 223 Å². The summed E-state index contributed by atoms with van der Waals surface area (Å²) in [6, 6.07) is 21.9. The van der Waals surface area contributed by atoms with E-state index in [1.54, 1.807) is 0 Å². The largest absolute Gasteiger partial charge is 0.354 e. The van der Waals surface area contributed by atoms with Crippen LogP contribution in [0.4, 0.5) is 16.0 Å². The molecule has 1 aliphatic carbocycles. The third-order valence-corrected chi connectivity index (χ3v) is 6.87. The van der Waals surface area contributed by atoms with Gasteiger partial charge in [0.15, 0.2) is 0 Å². The molecule has 1 atom stereocenters. The van der Waals surface area contributed by atoms with Crippen LogP contribution >= 0.6 is 0 Å². The first-order valence-corrected chi connectivity index (χ1v) is 13.0. The third-order valence-electron chi connectivity index (χ3n) is 6.87. The molecule has 5 rings (SSSR count). The van der Waals surface area contributed by atoms with Crippen molar-refractivity contribution in [2.75, 3.05) is 37.8 Å². The van der Waals surface area contributed by atoms with E-state index in [1.165, 1.54) is 29.8 Å². The number of hydrogen-bond donors (Lipinski definition) is 2. The number of amides is 1. The number of aromatic nitrogens is 2. The van der Waals surface area contributed by atoms with Gasteiger partial charge in [-0.05, 0) is 93.0 Å². The van der Waals surface area contributed by atoms with E-state index in [1.807, 2.05) is 18.3 Å². The Morgan fingerprint density at radius 1 is 1.00 bits per heavy atom. The molecule has 6 nitrogen and oxygen atoms in total. The number of carbonyl (C=O) groups excluding carboxylic acids is 1. The molecule has 1 aliphatic rings. The van der Waals surface area contributed by atoms with E-state index >= 15 is 0 Å². The number of benzene rings is 3. The predicted molar refractivity (Wildman–Crippen MR) is 150 cm³/mol. The van der Waals surface area contributed by atoms with Crippen LogP contribution in [0, 0.1) is 5.82 Å². The number of hydrogen-bond acceptors (Lipinski definition) is 5. The fourth-order valence-electron chi connectivity index (χ4n) is 4.87. The van der Waals surface area contributed by atoms with Gasteiger partial charge in [0, 0.05) is 35.5 Å². The van der Waals surface area contributed by atoms with Crippen LogP contribution in [0.5, 0.6) is 0 Å². The first kappa shape index (κ1) is 25.5. The highest BCUT2D eigenvalue weighted by atomic mass is 19.1. The second kappa shape index (κ2) is 11.5. The van der Waals surface area contributed by atoms with Crippen LogP contribution in [-0.4, -0.2) is 48.0 Å². The molecule has 194 valence electrons. The fraction of sp³-hybridized carbons (Fsp3) is 0.258. The highest BCUT2D eigenvalue weighted by Crippen LogP contribution is 2.42. The maximum atomic E-state index is 13.2. The lowest BCUT2D eigenvalue weighted by molar-refractivity contribution is 0.102. The Bertz CT molecular complexity index is 1400. The monoisotopic (exact) mass is 509 g/mol. The van der Waals surface area contributed by atoms with Crippen molar-refractivity contribution in [1.29, 1.82) is 0 Å². The molecule has 7 heteroatoms. The van der Waals surface area contributed by atoms with E-state index in [2.05, 4.69) is 71.0 Å². The summed E-state index contributed by atoms with van der Waals surface area (Å²) in [7, 11) is 4.18. The molecular formula is C31H32FN5O. The van der Waals surface area contributed by atoms with E-state index in [0.29, 0.717) is 17.2 Å². The second-order valence-corrected chi connectivity index (χ2v) is 9.93. The van der Waals surface area contributed by atoms with E-state index in [9.17, 15) is 9.18 Å². The Kier molecular flexibility index (Phi) is 7.75. The Hall–Kier alpha value is -4.10. The highest BCUT2D eigenvalue weighted by Gasteiger charge is 2.27. The lowest BCUT2D eigenvalue weighted by atomic mass is 9.78. The van der Waals surface area contributed by atoms with Gasteiger partial charge in [0.05, 0.1) is 5.69 Å². The zero-order valence-corrected chi connectivity index (χ0v) is 21.7. The SMILES string of the molecule is CN(C)CCCCNc1ncc2c(n1)-c1ccccc1C(c1ccc(NC(=O)c3ccc(F)cc3)cc1)C2. The number of nitrogens with one attached hydrogen (secondary N) is 2. The topological polar surface area (TPSA) is 70.2 Å². The molecule has 1 heterocycles. The molecule has 1 amide bonds. The first-order chi connectivity index (χ1) is 18.5. The van der Waals surface area contributed by atoms with Crippen LogP contribution in [0.25, 0.3) is 11.3 Å². The lowest BCUT2D eigenvalue weighted by Crippen LogP contribution is -2.17. The highest BCUT2D eigenvalue weighted by molar-refractivity contribution is 6.04. The summed E-state index contributed by atoms with van der Waals surface area (Å²) in [6.07, 6.45) is 4.95. The van der Waals surface area contributed by atoms with E-state index in [0.717, 1.165) is 54.7 Å². The summed E-state index contributed by atoms with van der Waals surface area (Å²) >= 11 is 0. The Morgan fingerprint density at radius 3 is 2.53 bits per heavy atom. The number of nitrogens with zero attached hydrogens (tertiary/aromatic N) is 3. The van der Waals surface area contributed by atoms with Gasteiger partial charge in [-0.25, -0.2) is 14.4 Å². The van der Waals surface area contributed by atoms with Gasteiger partial charge in [-0.15, -0.1) is 0 Å². The van der Waals surface area contributed by atoms with Gasteiger partial charge in [0.25, 0.3) is 5.91 Å². The minimum absolute atomic E-state index is 0.161. The molecular weight excluding hydrogens is 477 g/mol. The third kappa shape index (κ3) is 5.89. The summed E-state index contributed by atoms with van der Waals surface area (Å²) in [5.41, 5.74) is 6.74. The van der Waals surface area contributed by atoms with Crippen molar-refractivity contribution in [1.82, 2.24) is 14.9 Å². The lowest BCUT2D eigenvalue weighted by Gasteiger charge is -2.27.